The molecule has 2 N–H and O–H groups in total. The molecule has 3 rings (SSSR count). The van der Waals surface area contributed by atoms with E-state index in [4.69, 9.17) is 11.6 Å². The number of aromatic amines is 1. The number of aryl methyl sites for hydroxylation is 1. The van der Waals surface area contributed by atoms with E-state index in [0.29, 0.717) is 21.7 Å². The first-order valence-electron chi connectivity index (χ1n) is 7.74. The van der Waals surface area contributed by atoms with E-state index >= 15 is 0 Å². The Morgan fingerprint density at radius 1 is 1.16 bits per heavy atom. The number of amides is 1. The van der Waals surface area contributed by atoms with Gasteiger partial charge in [-0.3, -0.25) is 9.89 Å². The fourth-order valence-corrected chi connectivity index (χ4v) is 2.98. The molecule has 0 bridgehead atoms. The Morgan fingerprint density at radius 3 is 2.52 bits per heavy atom. The van der Waals surface area contributed by atoms with Crippen molar-refractivity contribution in [2.75, 3.05) is 5.32 Å². The molecule has 0 radical (unpaired) electrons. The van der Waals surface area contributed by atoms with Crippen LogP contribution in [0, 0.1) is 6.92 Å². The lowest BCUT2D eigenvalue weighted by atomic mass is 10.1. The van der Waals surface area contributed by atoms with Gasteiger partial charge in [-0.1, -0.05) is 53.2 Å². The second-order valence-electron chi connectivity index (χ2n) is 5.59. The number of rotatable bonds is 5. The molecule has 1 unspecified atom stereocenters. The number of carbonyl (C=O) groups excluding carboxylic acids is 1. The fourth-order valence-electron chi connectivity index (χ4n) is 2.13. The van der Waals surface area contributed by atoms with Crippen molar-refractivity contribution in [3.63, 3.8) is 0 Å². The lowest BCUT2D eigenvalue weighted by Gasteiger charge is -2.10. The van der Waals surface area contributed by atoms with Gasteiger partial charge in [0, 0.05) is 16.3 Å². The SMILES string of the molecule is Cc1ccc(-c2nc(SC(C)C(=O)Nc3ccc(Cl)cc3)n[nH]2)cc1. The molecule has 128 valence electrons. The summed E-state index contributed by atoms with van der Waals surface area (Å²) >= 11 is 7.14. The average molecular weight is 373 g/mol. The number of benzene rings is 2. The van der Waals surface area contributed by atoms with Gasteiger partial charge in [-0.25, -0.2) is 4.98 Å². The van der Waals surface area contributed by atoms with Crippen LogP contribution in [0.2, 0.25) is 5.02 Å². The van der Waals surface area contributed by atoms with Gasteiger partial charge in [-0.05, 0) is 38.1 Å². The van der Waals surface area contributed by atoms with Gasteiger partial charge >= 0.3 is 0 Å². The second-order valence-corrected chi connectivity index (χ2v) is 7.33. The third-order valence-electron chi connectivity index (χ3n) is 3.55. The summed E-state index contributed by atoms with van der Waals surface area (Å²) in [5.74, 6) is 0.571. The molecule has 3 aromatic rings. The molecule has 1 amide bonds. The predicted molar refractivity (Wildman–Crippen MR) is 102 cm³/mol. The first-order chi connectivity index (χ1) is 12.0. The van der Waals surface area contributed by atoms with Crippen molar-refractivity contribution in [3.8, 4) is 11.4 Å². The van der Waals surface area contributed by atoms with E-state index in [-0.39, 0.29) is 11.2 Å². The van der Waals surface area contributed by atoms with Gasteiger partial charge < -0.3 is 5.32 Å². The number of hydrogen-bond acceptors (Lipinski definition) is 4. The smallest absolute Gasteiger partial charge is 0.237 e. The van der Waals surface area contributed by atoms with Crippen molar-refractivity contribution in [1.82, 2.24) is 15.2 Å². The quantitative estimate of drug-likeness (QED) is 0.644. The Kier molecular flexibility index (Phi) is 5.40. The van der Waals surface area contributed by atoms with Crippen molar-refractivity contribution in [2.24, 2.45) is 0 Å². The van der Waals surface area contributed by atoms with Crippen LogP contribution >= 0.6 is 23.4 Å². The molecule has 0 aliphatic carbocycles. The highest BCUT2D eigenvalue weighted by atomic mass is 35.5. The summed E-state index contributed by atoms with van der Waals surface area (Å²) in [6.07, 6.45) is 0. The van der Waals surface area contributed by atoms with E-state index in [2.05, 4.69) is 20.5 Å². The Bertz CT molecular complexity index is 862. The summed E-state index contributed by atoms with van der Waals surface area (Å²) in [6.45, 7) is 3.85. The van der Waals surface area contributed by atoms with Crippen LogP contribution < -0.4 is 5.32 Å². The molecule has 0 aliphatic heterocycles. The first kappa shape index (κ1) is 17.5. The molecule has 2 aromatic carbocycles. The highest BCUT2D eigenvalue weighted by molar-refractivity contribution is 8.00. The molecule has 1 atom stereocenters. The van der Waals surface area contributed by atoms with Crippen LogP contribution in [0.25, 0.3) is 11.4 Å². The molecule has 25 heavy (non-hydrogen) atoms. The number of nitrogens with one attached hydrogen (secondary N) is 2. The van der Waals surface area contributed by atoms with Crippen molar-refractivity contribution < 1.29 is 4.79 Å². The maximum Gasteiger partial charge on any atom is 0.237 e. The number of aromatic nitrogens is 3. The van der Waals surface area contributed by atoms with Gasteiger partial charge in [0.25, 0.3) is 0 Å². The maximum absolute atomic E-state index is 12.3. The lowest BCUT2D eigenvalue weighted by Crippen LogP contribution is -2.22. The molecular weight excluding hydrogens is 356 g/mol. The van der Waals surface area contributed by atoms with E-state index in [1.807, 2.05) is 38.1 Å². The third kappa shape index (κ3) is 4.61. The van der Waals surface area contributed by atoms with E-state index in [9.17, 15) is 4.79 Å². The highest BCUT2D eigenvalue weighted by Crippen LogP contribution is 2.24. The van der Waals surface area contributed by atoms with Gasteiger partial charge in [-0.2, -0.15) is 0 Å². The summed E-state index contributed by atoms with van der Waals surface area (Å²) in [6, 6.07) is 15.0. The van der Waals surface area contributed by atoms with Gasteiger partial charge in [0.05, 0.1) is 5.25 Å². The third-order valence-corrected chi connectivity index (χ3v) is 4.77. The highest BCUT2D eigenvalue weighted by Gasteiger charge is 2.17. The largest absolute Gasteiger partial charge is 0.325 e. The number of anilines is 1. The van der Waals surface area contributed by atoms with Crippen LogP contribution in [0.4, 0.5) is 5.69 Å². The van der Waals surface area contributed by atoms with E-state index < -0.39 is 0 Å². The number of nitrogens with zero attached hydrogens (tertiary/aromatic N) is 2. The van der Waals surface area contributed by atoms with E-state index in [0.717, 1.165) is 5.56 Å². The number of thioether (sulfide) groups is 1. The standard InChI is InChI=1S/C18H17ClN4OS/c1-11-3-5-13(6-4-11)16-21-18(23-22-16)25-12(2)17(24)20-15-9-7-14(19)8-10-15/h3-10,12H,1-2H3,(H,20,24)(H,21,22,23). The van der Waals surface area contributed by atoms with Crippen LogP contribution in [-0.4, -0.2) is 26.3 Å². The molecule has 0 spiro atoms. The number of hydrogen-bond donors (Lipinski definition) is 2. The number of halogens is 1. The Labute approximate surface area is 155 Å². The van der Waals surface area contributed by atoms with Crippen LogP contribution in [0.15, 0.2) is 53.7 Å². The van der Waals surface area contributed by atoms with Crippen molar-refractivity contribution >= 4 is 35.0 Å². The van der Waals surface area contributed by atoms with Crippen molar-refractivity contribution in [3.05, 3.63) is 59.1 Å². The summed E-state index contributed by atoms with van der Waals surface area (Å²) in [5, 5.41) is 10.8. The zero-order chi connectivity index (χ0) is 17.8. The van der Waals surface area contributed by atoms with Crippen LogP contribution in [0.1, 0.15) is 12.5 Å². The lowest BCUT2D eigenvalue weighted by molar-refractivity contribution is -0.115. The molecular formula is C18H17ClN4OS. The van der Waals surface area contributed by atoms with Crippen molar-refractivity contribution in [1.29, 1.82) is 0 Å². The Hall–Kier alpha value is -2.31. The fraction of sp³-hybridized carbons (Fsp3) is 0.167. The topological polar surface area (TPSA) is 70.7 Å². The van der Waals surface area contributed by atoms with Crippen LogP contribution in [0.5, 0.6) is 0 Å². The number of carbonyl (C=O) groups is 1. The summed E-state index contributed by atoms with van der Waals surface area (Å²) < 4.78 is 0. The van der Waals surface area contributed by atoms with Gasteiger partial charge in [-0.15, -0.1) is 5.10 Å². The first-order valence-corrected chi connectivity index (χ1v) is 8.99. The molecule has 5 nitrogen and oxygen atoms in total. The summed E-state index contributed by atoms with van der Waals surface area (Å²) in [4.78, 5) is 16.7. The van der Waals surface area contributed by atoms with Crippen LogP contribution in [-0.2, 0) is 4.79 Å². The second kappa shape index (κ2) is 7.72. The zero-order valence-electron chi connectivity index (χ0n) is 13.8. The molecule has 1 heterocycles. The molecule has 0 fully saturated rings. The monoisotopic (exact) mass is 372 g/mol. The average Bonchev–Trinajstić information content (AvgIpc) is 3.06. The van der Waals surface area contributed by atoms with Gasteiger partial charge in [0.2, 0.25) is 11.1 Å². The van der Waals surface area contributed by atoms with E-state index in [1.54, 1.807) is 24.3 Å². The van der Waals surface area contributed by atoms with E-state index in [1.165, 1.54) is 17.3 Å². The minimum atomic E-state index is -0.336. The van der Waals surface area contributed by atoms with Crippen molar-refractivity contribution in [2.45, 2.75) is 24.3 Å². The predicted octanol–water partition coefficient (Wildman–Crippen LogP) is 4.55. The summed E-state index contributed by atoms with van der Waals surface area (Å²) in [7, 11) is 0. The van der Waals surface area contributed by atoms with Crippen LogP contribution in [0.3, 0.4) is 0 Å². The van der Waals surface area contributed by atoms with Gasteiger partial charge in [0.1, 0.15) is 0 Å². The number of H-pyrrole nitrogens is 1. The van der Waals surface area contributed by atoms with Gasteiger partial charge in [0.15, 0.2) is 5.82 Å². The minimum Gasteiger partial charge on any atom is -0.325 e. The molecule has 7 heteroatoms. The molecule has 0 aliphatic rings. The summed E-state index contributed by atoms with van der Waals surface area (Å²) in [5.41, 5.74) is 2.85. The minimum absolute atomic E-state index is 0.117. The Balaban J connectivity index is 1.62. The maximum atomic E-state index is 12.3. The zero-order valence-corrected chi connectivity index (χ0v) is 15.4. The Morgan fingerprint density at radius 2 is 1.84 bits per heavy atom. The molecule has 0 saturated carbocycles. The molecule has 1 aromatic heterocycles. The molecule has 0 saturated heterocycles. The normalized spacial score (nSPS) is 12.0.